The molecule has 0 aliphatic heterocycles. The molecular weight excluding hydrogens is 392 g/mol. The summed E-state index contributed by atoms with van der Waals surface area (Å²) >= 11 is 7.84. The first-order valence-electron chi connectivity index (χ1n) is 9.25. The van der Waals surface area contributed by atoms with E-state index in [4.69, 9.17) is 11.6 Å². The van der Waals surface area contributed by atoms with Gasteiger partial charge >= 0.3 is 0 Å². The second-order valence-electron chi connectivity index (χ2n) is 6.45. The lowest BCUT2D eigenvalue weighted by atomic mass is 10.1. The highest BCUT2D eigenvalue weighted by Crippen LogP contribution is 2.11. The minimum absolute atomic E-state index is 0.475. The Labute approximate surface area is 174 Å². The van der Waals surface area contributed by atoms with E-state index in [1.807, 2.05) is 36.7 Å². The smallest absolute Gasteiger partial charge is 0.191 e. The summed E-state index contributed by atoms with van der Waals surface area (Å²) in [6.07, 6.45) is 1.84. The van der Waals surface area contributed by atoms with E-state index >= 15 is 0 Å². The van der Waals surface area contributed by atoms with Crippen LogP contribution in [0.3, 0.4) is 0 Å². The molecule has 3 rings (SSSR count). The third kappa shape index (κ3) is 6.07. The first-order valence-corrected chi connectivity index (χ1v) is 10.5. The quantitative estimate of drug-likeness (QED) is 0.436. The maximum absolute atomic E-state index is 6.07. The first-order chi connectivity index (χ1) is 13.6. The molecule has 2 heterocycles. The summed E-state index contributed by atoms with van der Waals surface area (Å²) in [4.78, 5) is 6.04. The van der Waals surface area contributed by atoms with Crippen molar-refractivity contribution >= 4 is 28.9 Å². The molecule has 2 aromatic heterocycles. The number of guanidine groups is 1. The Morgan fingerprint density at radius 2 is 1.96 bits per heavy atom. The van der Waals surface area contributed by atoms with Crippen molar-refractivity contribution < 1.29 is 0 Å². The van der Waals surface area contributed by atoms with Gasteiger partial charge in [0, 0.05) is 30.0 Å². The zero-order valence-electron chi connectivity index (χ0n) is 16.2. The van der Waals surface area contributed by atoms with Crippen molar-refractivity contribution in [2.24, 2.45) is 12.0 Å². The maximum Gasteiger partial charge on any atom is 0.191 e. The molecule has 0 unspecified atom stereocenters. The van der Waals surface area contributed by atoms with Gasteiger partial charge in [-0.25, -0.2) is 4.99 Å². The van der Waals surface area contributed by atoms with Gasteiger partial charge in [0.2, 0.25) is 0 Å². The molecule has 0 amide bonds. The maximum atomic E-state index is 6.07. The third-order valence-corrected chi connectivity index (χ3v) is 5.57. The number of aliphatic imine (C=N–C) groups is 1. The largest absolute Gasteiger partial charge is 0.356 e. The van der Waals surface area contributed by atoms with Crippen molar-refractivity contribution in [3.05, 3.63) is 68.9 Å². The average Bonchev–Trinajstić information content (AvgIpc) is 3.30. The van der Waals surface area contributed by atoms with Crippen molar-refractivity contribution in [2.45, 2.75) is 26.3 Å². The number of aryl methyl sites for hydroxylation is 1. The highest BCUT2D eigenvalue weighted by atomic mass is 35.5. The molecule has 148 valence electrons. The van der Waals surface area contributed by atoms with Gasteiger partial charge in [0.1, 0.15) is 12.4 Å². The van der Waals surface area contributed by atoms with Gasteiger partial charge in [0.25, 0.3) is 0 Å². The predicted molar refractivity (Wildman–Crippen MR) is 116 cm³/mol. The first kappa shape index (κ1) is 20.4. The molecule has 0 fully saturated rings. The molecule has 6 nitrogen and oxygen atoms in total. The molecule has 2 N–H and O–H groups in total. The van der Waals surface area contributed by atoms with Gasteiger partial charge in [-0.2, -0.15) is 0 Å². The fourth-order valence-corrected chi connectivity index (χ4v) is 3.61. The Balaban J connectivity index is 1.57. The number of rotatable bonds is 8. The van der Waals surface area contributed by atoms with E-state index < -0.39 is 0 Å². The zero-order valence-corrected chi connectivity index (χ0v) is 17.7. The Morgan fingerprint density at radius 1 is 1.14 bits per heavy atom. The molecule has 3 aromatic rings. The number of halogens is 1. The van der Waals surface area contributed by atoms with Gasteiger partial charge in [-0.3, -0.25) is 0 Å². The summed E-state index contributed by atoms with van der Waals surface area (Å²) in [5, 5.41) is 18.0. The molecule has 0 saturated carbocycles. The monoisotopic (exact) mass is 416 g/mol. The number of aromatic nitrogens is 3. The van der Waals surface area contributed by atoms with Crippen molar-refractivity contribution in [3.8, 4) is 0 Å². The summed E-state index contributed by atoms with van der Waals surface area (Å²) < 4.78 is 1.96. The molecule has 0 saturated heterocycles. The van der Waals surface area contributed by atoms with Crippen LogP contribution in [0.25, 0.3) is 0 Å². The van der Waals surface area contributed by atoms with E-state index in [1.165, 1.54) is 10.4 Å². The van der Waals surface area contributed by atoms with E-state index in [2.05, 4.69) is 49.4 Å². The standard InChI is InChI=1S/C20H25ClN6S/c1-15-25-26-19(27(15)2)14-24-20(23-11-9-18-7-4-12-28-18)22-10-8-16-5-3-6-17(21)13-16/h3-7,12-13H,8-11,14H2,1-2H3,(H2,22,23,24). The normalized spacial score (nSPS) is 11.6. The van der Waals surface area contributed by atoms with Crippen LogP contribution in [0.2, 0.25) is 5.02 Å². The number of benzene rings is 1. The minimum Gasteiger partial charge on any atom is -0.356 e. The molecule has 0 bridgehead atoms. The van der Waals surface area contributed by atoms with Crippen LogP contribution in [0.15, 0.2) is 46.8 Å². The Morgan fingerprint density at radius 3 is 2.64 bits per heavy atom. The number of thiophene rings is 1. The molecule has 0 radical (unpaired) electrons. The Bertz CT molecular complexity index is 903. The van der Waals surface area contributed by atoms with Gasteiger partial charge in [-0.15, -0.1) is 21.5 Å². The van der Waals surface area contributed by atoms with E-state index in [1.54, 1.807) is 11.3 Å². The zero-order chi connectivity index (χ0) is 19.8. The Hall–Kier alpha value is -2.38. The van der Waals surface area contributed by atoms with Gasteiger partial charge in [-0.1, -0.05) is 29.8 Å². The van der Waals surface area contributed by atoms with Crippen molar-refractivity contribution in [2.75, 3.05) is 13.1 Å². The van der Waals surface area contributed by atoms with Crippen LogP contribution in [-0.2, 0) is 26.4 Å². The third-order valence-electron chi connectivity index (χ3n) is 4.40. The predicted octanol–water partition coefficient (Wildman–Crippen LogP) is 3.36. The highest BCUT2D eigenvalue weighted by Gasteiger charge is 2.05. The molecule has 0 spiro atoms. The fourth-order valence-electron chi connectivity index (χ4n) is 2.69. The van der Waals surface area contributed by atoms with E-state index in [0.29, 0.717) is 6.54 Å². The van der Waals surface area contributed by atoms with E-state index in [9.17, 15) is 0 Å². The average molecular weight is 417 g/mol. The molecule has 8 heteroatoms. The molecule has 0 aliphatic carbocycles. The van der Waals surface area contributed by atoms with Gasteiger partial charge in [0.15, 0.2) is 11.8 Å². The molecule has 1 aromatic carbocycles. The van der Waals surface area contributed by atoms with Crippen molar-refractivity contribution in [3.63, 3.8) is 0 Å². The van der Waals surface area contributed by atoms with Crippen LogP contribution in [0.1, 0.15) is 22.1 Å². The number of nitrogens with zero attached hydrogens (tertiary/aromatic N) is 4. The summed E-state index contributed by atoms with van der Waals surface area (Å²) in [7, 11) is 1.96. The van der Waals surface area contributed by atoms with E-state index in [-0.39, 0.29) is 0 Å². The molecule has 28 heavy (non-hydrogen) atoms. The SMILES string of the molecule is Cc1nnc(CN=C(NCCc2cccc(Cl)c2)NCCc2cccs2)n1C. The number of nitrogens with one attached hydrogen (secondary N) is 2. The fraction of sp³-hybridized carbons (Fsp3) is 0.350. The van der Waals surface area contributed by atoms with Crippen LogP contribution in [0.5, 0.6) is 0 Å². The van der Waals surface area contributed by atoms with Crippen LogP contribution >= 0.6 is 22.9 Å². The molecule has 0 aliphatic rings. The second-order valence-corrected chi connectivity index (χ2v) is 7.92. The topological polar surface area (TPSA) is 67.1 Å². The van der Waals surface area contributed by atoms with Crippen molar-refractivity contribution in [1.29, 1.82) is 0 Å². The second kappa shape index (κ2) is 10.2. The van der Waals surface area contributed by atoms with Gasteiger partial charge in [-0.05, 0) is 48.9 Å². The number of hydrogen-bond donors (Lipinski definition) is 2. The highest BCUT2D eigenvalue weighted by molar-refractivity contribution is 7.09. The lowest BCUT2D eigenvalue weighted by molar-refractivity contribution is 0.746. The molecular formula is C20H25ClN6S. The van der Waals surface area contributed by atoms with Crippen molar-refractivity contribution in [1.82, 2.24) is 25.4 Å². The summed E-state index contributed by atoms with van der Waals surface area (Å²) in [5.74, 6) is 2.50. The number of hydrogen-bond acceptors (Lipinski definition) is 4. The van der Waals surface area contributed by atoms with Crippen LogP contribution in [0, 0.1) is 6.92 Å². The minimum atomic E-state index is 0.475. The van der Waals surface area contributed by atoms with Gasteiger partial charge in [0.05, 0.1) is 0 Å². The van der Waals surface area contributed by atoms with Crippen LogP contribution in [0.4, 0.5) is 0 Å². The van der Waals surface area contributed by atoms with Gasteiger partial charge < -0.3 is 15.2 Å². The lowest BCUT2D eigenvalue weighted by Gasteiger charge is -2.12. The summed E-state index contributed by atoms with van der Waals surface area (Å²) in [6.45, 7) is 4.00. The molecule has 0 atom stereocenters. The van der Waals surface area contributed by atoms with E-state index in [0.717, 1.165) is 48.6 Å². The lowest BCUT2D eigenvalue weighted by Crippen LogP contribution is -2.39. The van der Waals surface area contributed by atoms with Crippen LogP contribution in [-0.4, -0.2) is 33.8 Å². The summed E-state index contributed by atoms with van der Waals surface area (Å²) in [6, 6.07) is 12.2. The Kier molecular flexibility index (Phi) is 7.45. The summed E-state index contributed by atoms with van der Waals surface area (Å²) in [5.41, 5.74) is 1.20. The van der Waals surface area contributed by atoms with Crippen LogP contribution < -0.4 is 10.6 Å².